The molecule has 36 heavy (non-hydrogen) atoms. The molecule has 1 atom stereocenters. The van der Waals surface area contributed by atoms with Crippen molar-refractivity contribution in [2.24, 2.45) is 0 Å². The van der Waals surface area contributed by atoms with Crippen molar-refractivity contribution in [3.8, 4) is 16.9 Å². The average molecular weight is 478 g/mol. The van der Waals surface area contributed by atoms with E-state index < -0.39 is 6.04 Å². The quantitative estimate of drug-likeness (QED) is 0.357. The minimum absolute atomic E-state index is 0.224. The van der Waals surface area contributed by atoms with E-state index in [9.17, 15) is 9.59 Å². The Bertz CT molecular complexity index is 1460. The van der Waals surface area contributed by atoms with Gasteiger partial charge in [-0.05, 0) is 43.3 Å². The number of hydrogen-bond donors (Lipinski definition) is 2. The zero-order chi connectivity index (χ0) is 24.9. The molecule has 0 saturated carbocycles. The maximum atomic E-state index is 13.3. The second-order valence-corrected chi connectivity index (χ2v) is 8.11. The summed E-state index contributed by atoms with van der Waals surface area (Å²) in [6, 6.07) is 25.6. The third-order valence-electron chi connectivity index (χ3n) is 5.65. The third kappa shape index (κ3) is 4.90. The van der Waals surface area contributed by atoms with Gasteiger partial charge in [0.15, 0.2) is 0 Å². The number of anilines is 2. The van der Waals surface area contributed by atoms with Crippen LogP contribution >= 0.6 is 0 Å². The molecule has 2 heterocycles. The fourth-order valence-electron chi connectivity index (χ4n) is 3.68. The maximum Gasteiger partial charge on any atom is 0.259 e. The molecule has 0 saturated heterocycles. The minimum atomic E-state index is -0.510. The van der Waals surface area contributed by atoms with Gasteiger partial charge in [0.1, 0.15) is 24.4 Å². The van der Waals surface area contributed by atoms with Crippen molar-refractivity contribution in [1.82, 2.24) is 24.5 Å². The number of nitrogens with zero attached hydrogens (tertiary/aromatic N) is 5. The molecule has 3 aromatic carbocycles. The Hall–Kier alpha value is -5.05. The van der Waals surface area contributed by atoms with Crippen molar-refractivity contribution in [2.75, 3.05) is 10.6 Å². The molecule has 0 bridgehead atoms. The number of para-hydroxylation sites is 1. The lowest BCUT2D eigenvalue weighted by Crippen LogP contribution is -2.24. The summed E-state index contributed by atoms with van der Waals surface area (Å²) in [5.41, 5.74) is 3.93. The standard InChI is InChI=1S/C27H23N7O2/c1-19(34-18-28-17-29-34)26(35)30-21-12-14-22(15-13-21)31-27(36)24-16-33(23-10-6-3-7-11-23)32-25(24)20-8-4-2-5-9-20/h2-19H,1H3,(H,30,35)(H,31,36). The average Bonchev–Trinajstić information content (AvgIpc) is 3.61. The van der Waals surface area contributed by atoms with Gasteiger partial charge in [0.2, 0.25) is 5.91 Å². The highest BCUT2D eigenvalue weighted by atomic mass is 16.2. The van der Waals surface area contributed by atoms with Gasteiger partial charge in [-0.2, -0.15) is 10.2 Å². The molecule has 0 radical (unpaired) electrons. The van der Waals surface area contributed by atoms with E-state index in [4.69, 9.17) is 5.10 Å². The molecule has 5 rings (SSSR count). The van der Waals surface area contributed by atoms with Crippen LogP contribution in [0.25, 0.3) is 16.9 Å². The molecule has 2 amide bonds. The summed E-state index contributed by atoms with van der Waals surface area (Å²) in [7, 11) is 0. The second kappa shape index (κ2) is 10.1. The molecule has 0 aliphatic heterocycles. The Kier molecular flexibility index (Phi) is 6.35. The molecular weight excluding hydrogens is 454 g/mol. The summed E-state index contributed by atoms with van der Waals surface area (Å²) in [6.45, 7) is 1.73. The lowest BCUT2D eigenvalue weighted by Gasteiger charge is -2.12. The van der Waals surface area contributed by atoms with Crippen molar-refractivity contribution >= 4 is 23.2 Å². The van der Waals surface area contributed by atoms with E-state index in [1.807, 2.05) is 60.7 Å². The van der Waals surface area contributed by atoms with Crippen LogP contribution in [-0.2, 0) is 4.79 Å². The van der Waals surface area contributed by atoms with Crippen LogP contribution in [0.15, 0.2) is 104 Å². The summed E-state index contributed by atoms with van der Waals surface area (Å²) in [6.07, 6.45) is 4.60. The Morgan fingerprint density at radius 1 is 0.833 bits per heavy atom. The maximum absolute atomic E-state index is 13.3. The Morgan fingerprint density at radius 3 is 2.11 bits per heavy atom. The first-order valence-corrected chi connectivity index (χ1v) is 11.4. The zero-order valence-corrected chi connectivity index (χ0v) is 19.4. The zero-order valence-electron chi connectivity index (χ0n) is 19.4. The summed E-state index contributed by atoms with van der Waals surface area (Å²) in [5.74, 6) is -0.509. The van der Waals surface area contributed by atoms with Gasteiger partial charge in [0.25, 0.3) is 5.91 Å². The van der Waals surface area contributed by atoms with E-state index in [0.29, 0.717) is 22.6 Å². The minimum Gasteiger partial charge on any atom is -0.324 e. The first-order chi connectivity index (χ1) is 17.6. The first kappa shape index (κ1) is 22.7. The van der Waals surface area contributed by atoms with Crippen LogP contribution in [0.1, 0.15) is 23.3 Å². The topological polar surface area (TPSA) is 107 Å². The highest BCUT2D eigenvalue weighted by molar-refractivity contribution is 6.08. The molecule has 2 aromatic heterocycles. The van der Waals surface area contributed by atoms with Crippen LogP contribution in [0.5, 0.6) is 0 Å². The van der Waals surface area contributed by atoms with Crippen LogP contribution in [-0.4, -0.2) is 36.4 Å². The fourth-order valence-corrected chi connectivity index (χ4v) is 3.68. The largest absolute Gasteiger partial charge is 0.324 e. The summed E-state index contributed by atoms with van der Waals surface area (Å²) >= 11 is 0. The van der Waals surface area contributed by atoms with Crippen molar-refractivity contribution in [3.05, 3.63) is 109 Å². The number of nitrogens with one attached hydrogen (secondary N) is 2. The van der Waals surface area contributed by atoms with Crippen LogP contribution < -0.4 is 10.6 Å². The summed E-state index contributed by atoms with van der Waals surface area (Å²) in [4.78, 5) is 29.6. The van der Waals surface area contributed by atoms with E-state index in [0.717, 1.165) is 11.3 Å². The van der Waals surface area contributed by atoms with Gasteiger partial charge in [-0.25, -0.2) is 14.3 Å². The van der Waals surface area contributed by atoms with Crippen molar-refractivity contribution in [2.45, 2.75) is 13.0 Å². The van der Waals surface area contributed by atoms with Crippen LogP contribution in [0.3, 0.4) is 0 Å². The molecule has 178 valence electrons. The number of carbonyl (C=O) groups excluding carboxylic acids is 2. The molecule has 2 N–H and O–H groups in total. The predicted octanol–water partition coefficient (Wildman–Crippen LogP) is 4.58. The SMILES string of the molecule is CC(C(=O)Nc1ccc(NC(=O)c2cn(-c3ccccc3)nc2-c2ccccc2)cc1)n1cncn1. The lowest BCUT2D eigenvalue weighted by molar-refractivity contribution is -0.119. The monoisotopic (exact) mass is 477 g/mol. The van der Waals surface area contributed by atoms with Crippen molar-refractivity contribution in [1.29, 1.82) is 0 Å². The lowest BCUT2D eigenvalue weighted by atomic mass is 10.1. The smallest absolute Gasteiger partial charge is 0.259 e. The molecule has 5 aromatic rings. The number of carbonyl (C=O) groups is 2. The van der Waals surface area contributed by atoms with Crippen molar-refractivity contribution < 1.29 is 9.59 Å². The van der Waals surface area contributed by atoms with Crippen LogP contribution in [0.2, 0.25) is 0 Å². The van der Waals surface area contributed by atoms with Crippen LogP contribution in [0.4, 0.5) is 11.4 Å². The fraction of sp³-hybridized carbons (Fsp3) is 0.0741. The third-order valence-corrected chi connectivity index (χ3v) is 5.65. The highest BCUT2D eigenvalue weighted by Crippen LogP contribution is 2.25. The summed E-state index contributed by atoms with van der Waals surface area (Å²) in [5, 5.41) is 14.5. The highest BCUT2D eigenvalue weighted by Gasteiger charge is 2.19. The van der Waals surface area contributed by atoms with Gasteiger partial charge in [0, 0.05) is 23.1 Å². The van der Waals surface area contributed by atoms with E-state index in [2.05, 4.69) is 20.7 Å². The van der Waals surface area contributed by atoms with E-state index in [1.165, 1.54) is 17.3 Å². The Balaban J connectivity index is 1.34. The van der Waals surface area contributed by atoms with Gasteiger partial charge in [-0.1, -0.05) is 48.5 Å². The molecule has 1 unspecified atom stereocenters. The molecule has 0 aliphatic carbocycles. The number of rotatable bonds is 7. The van der Waals surface area contributed by atoms with E-state index in [1.54, 1.807) is 42.1 Å². The number of amides is 2. The van der Waals surface area contributed by atoms with Gasteiger partial charge in [0.05, 0.1) is 11.3 Å². The molecule has 9 nitrogen and oxygen atoms in total. The van der Waals surface area contributed by atoms with Gasteiger partial charge < -0.3 is 10.6 Å². The molecule has 0 spiro atoms. The molecular formula is C27H23N7O2. The first-order valence-electron chi connectivity index (χ1n) is 11.4. The normalized spacial score (nSPS) is 11.6. The molecule has 0 fully saturated rings. The van der Waals surface area contributed by atoms with E-state index in [-0.39, 0.29) is 11.8 Å². The molecule has 0 aliphatic rings. The van der Waals surface area contributed by atoms with Gasteiger partial charge in [-0.3, -0.25) is 9.59 Å². The summed E-state index contributed by atoms with van der Waals surface area (Å²) < 4.78 is 3.18. The number of benzene rings is 3. The number of aromatic nitrogens is 5. The van der Waals surface area contributed by atoms with Gasteiger partial charge in [-0.15, -0.1) is 0 Å². The molecule has 9 heteroatoms. The number of hydrogen-bond acceptors (Lipinski definition) is 5. The Morgan fingerprint density at radius 2 is 1.47 bits per heavy atom. The van der Waals surface area contributed by atoms with Crippen molar-refractivity contribution in [3.63, 3.8) is 0 Å². The second-order valence-electron chi connectivity index (χ2n) is 8.11. The Labute approximate surface area is 207 Å². The van der Waals surface area contributed by atoms with Gasteiger partial charge >= 0.3 is 0 Å². The van der Waals surface area contributed by atoms with Crippen LogP contribution in [0, 0.1) is 0 Å². The van der Waals surface area contributed by atoms with E-state index >= 15 is 0 Å². The predicted molar refractivity (Wildman–Crippen MR) is 137 cm³/mol.